The van der Waals surface area contributed by atoms with Crippen LogP contribution in [0.2, 0.25) is 0 Å². The monoisotopic (exact) mass is 270 g/mol. The van der Waals surface area contributed by atoms with Crippen molar-refractivity contribution in [3.8, 4) is 6.07 Å². The Hall–Kier alpha value is -2.42. The van der Waals surface area contributed by atoms with Crippen LogP contribution >= 0.6 is 0 Å². The molecule has 0 aliphatic rings. The van der Waals surface area contributed by atoms with Gasteiger partial charge in [-0.05, 0) is 19.8 Å². The summed E-state index contributed by atoms with van der Waals surface area (Å²) in [6, 6.07) is 4.36. The number of aryl methyl sites for hydroxylation is 1. The van der Waals surface area contributed by atoms with E-state index >= 15 is 0 Å². The number of rotatable bonds is 5. The lowest BCUT2D eigenvalue weighted by Gasteiger charge is -2.14. The highest BCUT2D eigenvalue weighted by Gasteiger charge is 2.13. The Bertz CT molecular complexity index is 621. The minimum atomic E-state index is 0.266. The maximum atomic E-state index is 9.00. The van der Waals surface area contributed by atoms with Gasteiger partial charge in [-0.1, -0.05) is 13.8 Å². The average Bonchev–Trinajstić information content (AvgIpc) is 2.82. The second kappa shape index (κ2) is 6.15. The average molecular weight is 270 g/mol. The first-order valence-electron chi connectivity index (χ1n) is 6.73. The van der Waals surface area contributed by atoms with E-state index in [2.05, 4.69) is 34.2 Å². The van der Waals surface area contributed by atoms with E-state index < -0.39 is 0 Å². The summed E-state index contributed by atoms with van der Waals surface area (Å²) in [5.74, 6) is 1.12. The summed E-state index contributed by atoms with van der Waals surface area (Å²) >= 11 is 0. The number of nitrogens with zero attached hydrogens (tertiary/aromatic N) is 5. The van der Waals surface area contributed by atoms with Crippen molar-refractivity contribution in [3.05, 3.63) is 29.8 Å². The van der Waals surface area contributed by atoms with Crippen LogP contribution < -0.4 is 5.32 Å². The van der Waals surface area contributed by atoms with Crippen molar-refractivity contribution in [3.63, 3.8) is 0 Å². The van der Waals surface area contributed by atoms with Gasteiger partial charge in [-0.25, -0.2) is 9.97 Å². The Balaban J connectivity index is 2.27. The summed E-state index contributed by atoms with van der Waals surface area (Å²) < 4.78 is 2.02. The smallest absolute Gasteiger partial charge is 0.183 e. The van der Waals surface area contributed by atoms with Crippen molar-refractivity contribution in [2.24, 2.45) is 0 Å². The van der Waals surface area contributed by atoms with Crippen LogP contribution in [-0.4, -0.2) is 19.7 Å². The Morgan fingerprint density at radius 2 is 2.00 bits per heavy atom. The summed E-state index contributed by atoms with van der Waals surface area (Å²) in [5.41, 5.74) is 1.35. The molecule has 0 amide bonds. The highest BCUT2D eigenvalue weighted by atomic mass is 15.3. The van der Waals surface area contributed by atoms with Gasteiger partial charge in [0.05, 0.1) is 6.04 Å². The van der Waals surface area contributed by atoms with Gasteiger partial charge in [-0.15, -0.1) is 0 Å². The molecular weight excluding hydrogens is 252 g/mol. The number of aromatic nitrogens is 4. The van der Waals surface area contributed by atoms with Crippen molar-refractivity contribution in [1.82, 2.24) is 19.7 Å². The topological polar surface area (TPSA) is 79.4 Å². The minimum Gasteiger partial charge on any atom is -0.321 e. The van der Waals surface area contributed by atoms with Gasteiger partial charge in [0.15, 0.2) is 17.3 Å². The fourth-order valence-electron chi connectivity index (χ4n) is 2.19. The van der Waals surface area contributed by atoms with Crippen LogP contribution in [0.25, 0.3) is 0 Å². The third-order valence-electron chi connectivity index (χ3n) is 3.26. The van der Waals surface area contributed by atoms with E-state index in [0.717, 1.165) is 18.5 Å². The Morgan fingerprint density at radius 1 is 1.30 bits per heavy atom. The van der Waals surface area contributed by atoms with Gasteiger partial charge in [0.2, 0.25) is 0 Å². The first-order chi connectivity index (χ1) is 9.69. The second-order valence-corrected chi connectivity index (χ2v) is 4.58. The summed E-state index contributed by atoms with van der Waals surface area (Å²) in [7, 11) is 0. The first-order valence-corrected chi connectivity index (χ1v) is 6.73. The predicted molar refractivity (Wildman–Crippen MR) is 76.6 cm³/mol. The third kappa shape index (κ3) is 2.77. The fourth-order valence-corrected chi connectivity index (χ4v) is 2.19. The minimum absolute atomic E-state index is 0.266. The van der Waals surface area contributed by atoms with Crippen LogP contribution in [0.15, 0.2) is 18.5 Å². The maximum Gasteiger partial charge on any atom is 0.183 e. The molecule has 1 N–H and O–H groups in total. The van der Waals surface area contributed by atoms with Crippen molar-refractivity contribution in [1.29, 1.82) is 5.26 Å². The lowest BCUT2D eigenvalue weighted by molar-refractivity contribution is 0.421. The number of nitrogens with one attached hydrogen (secondary N) is 1. The van der Waals surface area contributed by atoms with E-state index in [9.17, 15) is 0 Å². The molecule has 0 fully saturated rings. The highest BCUT2D eigenvalue weighted by molar-refractivity contribution is 5.57. The van der Waals surface area contributed by atoms with E-state index in [-0.39, 0.29) is 5.69 Å². The van der Waals surface area contributed by atoms with E-state index in [4.69, 9.17) is 5.26 Å². The molecule has 0 bridgehead atoms. The van der Waals surface area contributed by atoms with Gasteiger partial charge >= 0.3 is 0 Å². The normalized spacial score (nSPS) is 10.6. The molecule has 2 rings (SSSR count). The number of nitriles is 1. The maximum absolute atomic E-state index is 9.00. The van der Waals surface area contributed by atoms with Crippen LogP contribution in [0.1, 0.15) is 44.1 Å². The standard InChI is InChI=1S/C14H18N6/c1-4-11(5-2)20-10(3)8-13(19-20)18-14-12(9-15)16-6-7-17-14/h6-8,11H,4-5H2,1-3H3,(H,17,18,19). The molecule has 20 heavy (non-hydrogen) atoms. The molecule has 0 aromatic carbocycles. The highest BCUT2D eigenvalue weighted by Crippen LogP contribution is 2.22. The lowest BCUT2D eigenvalue weighted by atomic mass is 10.2. The Morgan fingerprint density at radius 3 is 2.65 bits per heavy atom. The van der Waals surface area contributed by atoms with E-state index in [1.54, 1.807) is 6.20 Å². The van der Waals surface area contributed by atoms with Crippen LogP contribution in [0.4, 0.5) is 11.6 Å². The molecule has 0 spiro atoms. The summed E-state index contributed by atoms with van der Waals surface area (Å²) in [5, 5.41) is 16.6. The zero-order chi connectivity index (χ0) is 14.5. The molecule has 6 heteroatoms. The molecule has 2 heterocycles. The van der Waals surface area contributed by atoms with Crippen molar-refractivity contribution < 1.29 is 0 Å². The summed E-state index contributed by atoms with van der Waals surface area (Å²) in [6.45, 7) is 6.33. The van der Waals surface area contributed by atoms with Crippen molar-refractivity contribution in [2.45, 2.75) is 39.7 Å². The van der Waals surface area contributed by atoms with Crippen LogP contribution in [0.5, 0.6) is 0 Å². The number of hydrogen-bond acceptors (Lipinski definition) is 5. The quantitative estimate of drug-likeness (QED) is 0.903. The molecule has 0 saturated heterocycles. The molecular formula is C14H18N6. The van der Waals surface area contributed by atoms with Crippen LogP contribution in [-0.2, 0) is 0 Å². The second-order valence-electron chi connectivity index (χ2n) is 4.58. The Labute approximate surface area is 118 Å². The number of hydrogen-bond donors (Lipinski definition) is 1. The molecule has 0 unspecified atom stereocenters. The molecule has 0 atom stereocenters. The van der Waals surface area contributed by atoms with Crippen molar-refractivity contribution in [2.75, 3.05) is 5.32 Å². The van der Waals surface area contributed by atoms with Crippen molar-refractivity contribution >= 4 is 11.6 Å². The lowest BCUT2D eigenvalue weighted by Crippen LogP contribution is -2.10. The van der Waals surface area contributed by atoms with Gasteiger partial charge in [0, 0.05) is 24.2 Å². The van der Waals surface area contributed by atoms with Crippen LogP contribution in [0, 0.1) is 18.3 Å². The van der Waals surface area contributed by atoms with Gasteiger partial charge in [-0.2, -0.15) is 10.4 Å². The van der Waals surface area contributed by atoms with E-state index in [1.165, 1.54) is 6.20 Å². The summed E-state index contributed by atoms with van der Waals surface area (Å²) in [4.78, 5) is 8.09. The van der Waals surface area contributed by atoms with Gasteiger partial charge in [0.1, 0.15) is 6.07 Å². The summed E-state index contributed by atoms with van der Waals surface area (Å²) in [6.07, 6.45) is 5.12. The number of anilines is 2. The Kier molecular flexibility index (Phi) is 4.31. The predicted octanol–water partition coefficient (Wildman–Crippen LogP) is 2.96. The van der Waals surface area contributed by atoms with Gasteiger partial charge in [-0.3, -0.25) is 4.68 Å². The third-order valence-corrected chi connectivity index (χ3v) is 3.26. The zero-order valence-corrected chi connectivity index (χ0v) is 12.0. The van der Waals surface area contributed by atoms with E-state index in [1.807, 2.05) is 23.7 Å². The molecule has 0 aliphatic carbocycles. The first kappa shape index (κ1) is 14.0. The molecule has 0 radical (unpaired) electrons. The molecule has 104 valence electrons. The zero-order valence-electron chi connectivity index (χ0n) is 12.0. The molecule has 0 aliphatic heterocycles. The molecule has 0 saturated carbocycles. The SMILES string of the molecule is CCC(CC)n1nc(Nc2nccnc2C#N)cc1C. The van der Waals surface area contributed by atoms with Crippen LogP contribution in [0.3, 0.4) is 0 Å². The van der Waals surface area contributed by atoms with Gasteiger partial charge < -0.3 is 5.32 Å². The largest absolute Gasteiger partial charge is 0.321 e. The molecule has 6 nitrogen and oxygen atoms in total. The molecule has 2 aromatic heterocycles. The van der Waals surface area contributed by atoms with Gasteiger partial charge in [0.25, 0.3) is 0 Å². The molecule has 2 aromatic rings. The van der Waals surface area contributed by atoms with E-state index in [0.29, 0.717) is 17.7 Å². The fraction of sp³-hybridized carbons (Fsp3) is 0.429.